The largest absolute Gasteiger partial charge is 0.480 e. The van der Waals surface area contributed by atoms with Crippen LogP contribution in [0, 0.1) is 0 Å². The first-order valence-electron chi connectivity index (χ1n) is 3.86. The van der Waals surface area contributed by atoms with E-state index in [1.54, 1.807) is 12.1 Å². The molecule has 1 aliphatic heterocycles. The summed E-state index contributed by atoms with van der Waals surface area (Å²) in [5, 5.41) is 12.5. The van der Waals surface area contributed by atoms with E-state index in [-0.39, 0.29) is 0 Å². The number of furan rings is 1. The minimum absolute atomic E-state index is 0.364. The molecule has 0 spiro atoms. The normalized spacial score (nSPS) is 20.9. The van der Waals surface area contributed by atoms with Crippen molar-refractivity contribution in [3.8, 4) is 0 Å². The third kappa shape index (κ3) is 1.40. The molecule has 13 heavy (non-hydrogen) atoms. The first-order valence-corrected chi connectivity index (χ1v) is 3.86. The zero-order valence-corrected chi connectivity index (χ0v) is 6.73. The highest BCUT2D eigenvalue weighted by atomic mass is 16.4. The minimum atomic E-state index is -0.898. The molecule has 2 rings (SSSR count). The number of carboxylic acids is 1. The molecule has 0 saturated heterocycles. The third-order valence-corrected chi connectivity index (χ3v) is 1.86. The van der Waals surface area contributed by atoms with Gasteiger partial charge >= 0.3 is 5.97 Å². The molecule has 0 bridgehead atoms. The van der Waals surface area contributed by atoms with Crippen molar-refractivity contribution in [1.82, 2.24) is 5.43 Å². The van der Waals surface area contributed by atoms with Gasteiger partial charge in [-0.3, -0.25) is 5.43 Å². The van der Waals surface area contributed by atoms with Gasteiger partial charge in [-0.15, -0.1) is 0 Å². The Kier molecular flexibility index (Phi) is 1.77. The number of hydrazone groups is 1. The fourth-order valence-corrected chi connectivity index (χ4v) is 1.18. The van der Waals surface area contributed by atoms with Gasteiger partial charge in [0, 0.05) is 6.42 Å². The van der Waals surface area contributed by atoms with Crippen LogP contribution in [0.25, 0.3) is 0 Å². The molecule has 0 aliphatic carbocycles. The summed E-state index contributed by atoms with van der Waals surface area (Å²) in [4.78, 5) is 10.6. The molecule has 1 unspecified atom stereocenters. The predicted octanol–water partition coefficient (Wildman–Crippen LogP) is 0.430. The van der Waals surface area contributed by atoms with Crippen molar-refractivity contribution < 1.29 is 14.3 Å². The average molecular weight is 180 g/mol. The lowest BCUT2D eigenvalue weighted by molar-refractivity contribution is -0.139. The summed E-state index contributed by atoms with van der Waals surface area (Å²) in [5.74, 6) is -0.276. The zero-order chi connectivity index (χ0) is 9.26. The van der Waals surface area contributed by atoms with Crippen molar-refractivity contribution in [3.63, 3.8) is 0 Å². The Morgan fingerprint density at radius 1 is 1.77 bits per heavy atom. The lowest BCUT2D eigenvalue weighted by atomic mass is 10.1. The molecule has 0 saturated carbocycles. The lowest BCUT2D eigenvalue weighted by Crippen LogP contribution is -2.29. The van der Waals surface area contributed by atoms with E-state index < -0.39 is 12.0 Å². The van der Waals surface area contributed by atoms with Crippen LogP contribution in [0.15, 0.2) is 27.9 Å². The van der Waals surface area contributed by atoms with E-state index in [1.807, 2.05) is 0 Å². The maximum Gasteiger partial charge on any atom is 0.328 e. The summed E-state index contributed by atoms with van der Waals surface area (Å²) >= 11 is 0. The standard InChI is InChI=1S/C8H8N2O3/c11-8(12)6-4-5(9-10-6)7-2-1-3-13-7/h1-3,6,10H,4H2,(H,11,12). The summed E-state index contributed by atoms with van der Waals surface area (Å²) in [6, 6.07) is 2.87. The monoisotopic (exact) mass is 180 g/mol. The van der Waals surface area contributed by atoms with Gasteiger partial charge in [0.25, 0.3) is 0 Å². The average Bonchev–Trinajstić information content (AvgIpc) is 2.75. The van der Waals surface area contributed by atoms with Gasteiger partial charge in [0.2, 0.25) is 0 Å². The number of hydrogen-bond acceptors (Lipinski definition) is 4. The Hall–Kier alpha value is -1.78. The predicted molar refractivity (Wildman–Crippen MR) is 44.4 cm³/mol. The second-order valence-corrected chi connectivity index (χ2v) is 2.76. The van der Waals surface area contributed by atoms with Gasteiger partial charge in [0.05, 0.1) is 6.26 Å². The van der Waals surface area contributed by atoms with Gasteiger partial charge in [-0.05, 0) is 12.1 Å². The van der Waals surface area contributed by atoms with Gasteiger partial charge in [0.15, 0.2) is 0 Å². The van der Waals surface area contributed by atoms with Crippen LogP contribution in [0.5, 0.6) is 0 Å². The van der Waals surface area contributed by atoms with Crippen LogP contribution in [-0.2, 0) is 4.79 Å². The van der Waals surface area contributed by atoms with Crippen LogP contribution in [0.3, 0.4) is 0 Å². The second kappa shape index (κ2) is 2.93. The number of aliphatic carboxylic acids is 1. The summed E-state index contributed by atoms with van der Waals surface area (Å²) in [5.41, 5.74) is 3.17. The zero-order valence-electron chi connectivity index (χ0n) is 6.73. The SMILES string of the molecule is O=C(O)C1CC(c2ccco2)=NN1. The summed E-state index contributed by atoms with van der Waals surface area (Å²) in [6.45, 7) is 0. The number of rotatable bonds is 2. The summed E-state index contributed by atoms with van der Waals surface area (Å²) < 4.78 is 5.08. The third-order valence-electron chi connectivity index (χ3n) is 1.86. The minimum Gasteiger partial charge on any atom is -0.480 e. The van der Waals surface area contributed by atoms with Crippen molar-refractivity contribution in [2.45, 2.75) is 12.5 Å². The molecule has 0 radical (unpaired) electrons. The number of carboxylic acid groups (broad SMARTS) is 1. The number of nitrogens with zero attached hydrogens (tertiary/aromatic N) is 1. The van der Waals surface area contributed by atoms with Crippen molar-refractivity contribution >= 4 is 11.7 Å². The Morgan fingerprint density at radius 3 is 3.15 bits per heavy atom. The van der Waals surface area contributed by atoms with Crippen molar-refractivity contribution in [2.75, 3.05) is 0 Å². The van der Waals surface area contributed by atoms with Gasteiger partial charge in [0.1, 0.15) is 17.5 Å². The van der Waals surface area contributed by atoms with E-state index in [0.717, 1.165) is 0 Å². The molecular formula is C8H8N2O3. The van der Waals surface area contributed by atoms with E-state index in [9.17, 15) is 4.79 Å². The van der Waals surface area contributed by atoms with Crippen LogP contribution < -0.4 is 5.43 Å². The summed E-state index contributed by atoms with van der Waals surface area (Å²) in [6.07, 6.45) is 1.90. The molecule has 2 heterocycles. The first kappa shape index (κ1) is 7.85. The van der Waals surface area contributed by atoms with Gasteiger partial charge in [-0.1, -0.05) is 0 Å². The molecule has 5 heteroatoms. The molecule has 5 nitrogen and oxygen atoms in total. The smallest absolute Gasteiger partial charge is 0.328 e. The molecule has 0 aromatic carbocycles. The van der Waals surface area contributed by atoms with Crippen LogP contribution in [-0.4, -0.2) is 22.8 Å². The maximum atomic E-state index is 10.6. The lowest BCUT2D eigenvalue weighted by Gasteiger charge is -2.00. The topological polar surface area (TPSA) is 74.8 Å². The van der Waals surface area contributed by atoms with Gasteiger partial charge in [-0.2, -0.15) is 5.10 Å². The Morgan fingerprint density at radius 2 is 2.62 bits per heavy atom. The summed E-state index contributed by atoms with van der Waals surface area (Å²) in [7, 11) is 0. The fraction of sp³-hybridized carbons (Fsp3) is 0.250. The highest BCUT2D eigenvalue weighted by Crippen LogP contribution is 2.12. The molecule has 1 aromatic heterocycles. The van der Waals surface area contributed by atoms with Crippen molar-refractivity contribution in [1.29, 1.82) is 0 Å². The van der Waals surface area contributed by atoms with Crippen molar-refractivity contribution in [2.24, 2.45) is 5.10 Å². The molecule has 0 fully saturated rings. The van der Waals surface area contributed by atoms with E-state index in [0.29, 0.717) is 17.9 Å². The van der Waals surface area contributed by atoms with Crippen LogP contribution in [0.4, 0.5) is 0 Å². The molecule has 1 aromatic rings. The molecule has 1 aliphatic rings. The van der Waals surface area contributed by atoms with Crippen LogP contribution >= 0.6 is 0 Å². The number of nitrogens with one attached hydrogen (secondary N) is 1. The van der Waals surface area contributed by atoms with E-state index in [2.05, 4.69) is 10.5 Å². The van der Waals surface area contributed by atoms with Gasteiger partial charge < -0.3 is 9.52 Å². The van der Waals surface area contributed by atoms with E-state index in [1.165, 1.54) is 6.26 Å². The van der Waals surface area contributed by atoms with Gasteiger partial charge in [-0.25, -0.2) is 4.79 Å². The Labute approximate surface area is 74.1 Å². The molecule has 68 valence electrons. The van der Waals surface area contributed by atoms with Crippen LogP contribution in [0.1, 0.15) is 12.2 Å². The molecule has 0 amide bonds. The van der Waals surface area contributed by atoms with Crippen LogP contribution in [0.2, 0.25) is 0 Å². The van der Waals surface area contributed by atoms with E-state index in [4.69, 9.17) is 9.52 Å². The Bertz CT molecular complexity index is 342. The molecular weight excluding hydrogens is 172 g/mol. The second-order valence-electron chi connectivity index (χ2n) is 2.76. The number of carbonyl (C=O) groups is 1. The van der Waals surface area contributed by atoms with Crippen molar-refractivity contribution in [3.05, 3.63) is 24.2 Å². The maximum absolute atomic E-state index is 10.6. The van der Waals surface area contributed by atoms with E-state index >= 15 is 0 Å². The highest BCUT2D eigenvalue weighted by Gasteiger charge is 2.26. The fourth-order valence-electron chi connectivity index (χ4n) is 1.18. The number of hydrogen-bond donors (Lipinski definition) is 2. The quantitative estimate of drug-likeness (QED) is 0.692. The first-order chi connectivity index (χ1) is 6.27. The molecule has 2 N–H and O–H groups in total. The highest BCUT2D eigenvalue weighted by molar-refractivity contribution is 6.02. The Balaban J connectivity index is 2.10. The molecule has 1 atom stereocenters.